The van der Waals surface area contributed by atoms with Gasteiger partial charge in [0.25, 0.3) is 0 Å². The number of rotatable bonds is 2. The number of anilines is 1. The van der Waals surface area contributed by atoms with Crippen LogP contribution in [0.15, 0.2) is 18.2 Å². The van der Waals surface area contributed by atoms with Crippen molar-refractivity contribution in [1.82, 2.24) is 5.01 Å². The molecule has 0 heterocycles. The van der Waals surface area contributed by atoms with Gasteiger partial charge in [-0.25, -0.2) is 10.6 Å². The molecule has 3 N–H and O–H groups in total. The Kier molecular flexibility index (Phi) is 4.66. The number of carbonyl (C=O) groups excluding carboxylic acids is 1. The molecule has 4 nitrogen and oxygen atoms in total. The first kappa shape index (κ1) is 14.9. The molecular formula is C9H8Cl2F3N3O. The molecular weight excluding hydrogens is 294 g/mol. The molecule has 0 saturated heterocycles. The average Bonchev–Trinajstić information content (AvgIpc) is 2.21. The number of hydrogen-bond acceptors (Lipinski definition) is 2. The third kappa shape index (κ3) is 4.59. The minimum Gasteiger partial charge on any atom is -0.305 e. The molecule has 1 aromatic carbocycles. The lowest BCUT2D eigenvalue weighted by molar-refractivity contribution is -0.139. The predicted molar refractivity (Wildman–Crippen MR) is 62.4 cm³/mol. The maximum Gasteiger partial charge on any atom is 0.407 e. The van der Waals surface area contributed by atoms with Gasteiger partial charge < -0.3 is 5.32 Å². The number of nitrogens with one attached hydrogen (secondary N) is 1. The van der Waals surface area contributed by atoms with E-state index in [4.69, 9.17) is 29.0 Å². The van der Waals surface area contributed by atoms with Crippen LogP contribution in [0.5, 0.6) is 0 Å². The van der Waals surface area contributed by atoms with Crippen LogP contribution in [0.3, 0.4) is 0 Å². The summed E-state index contributed by atoms with van der Waals surface area (Å²) in [4.78, 5) is 11.3. The van der Waals surface area contributed by atoms with Crippen LogP contribution in [0.25, 0.3) is 0 Å². The van der Waals surface area contributed by atoms with E-state index in [1.54, 1.807) is 0 Å². The highest BCUT2D eigenvalue weighted by molar-refractivity contribution is 6.35. The van der Waals surface area contributed by atoms with Gasteiger partial charge in [-0.1, -0.05) is 23.2 Å². The van der Waals surface area contributed by atoms with Crippen LogP contribution in [0.4, 0.5) is 23.7 Å². The summed E-state index contributed by atoms with van der Waals surface area (Å²) in [5.74, 6) is 4.96. The van der Waals surface area contributed by atoms with E-state index in [1.807, 2.05) is 0 Å². The minimum atomic E-state index is -4.58. The number of carbonyl (C=O) groups is 1. The second-order valence-corrected chi connectivity index (χ2v) is 4.14. The van der Waals surface area contributed by atoms with Crippen molar-refractivity contribution >= 4 is 34.9 Å². The molecule has 0 aliphatic heterocycles. The van der Waals surface area contributed by atoms with Gasteiger partial charge in [0.05, 0.1) is 10.7 Å². The van der Waals surface area contributed by atoms with Gasteiger partial charge in [0.1, 0.15) is 6.54 Å². The molecule has 0 fully saturated rings. The van der Waals surface area contributed by atoms with Crippen LogP contribution in [-0.4, -0.2) is 23.8 Å². The van der Waals surface area contributed by atoms with Gasteiger partial charge in [-0.3, -0.25) is 5.01 Å². The highest BCUT2D eigenvalue weighted by Crippen LogP contribution is 2.25. The zero-order valence-corrected chi connectivity index (χ0v) is 10.3. The Bertz CT molecular complexity index is 453. The number of nitrogens with zero attached hydrogens (tertiary/aromatic N) is 1. The van der Waals surface area contributed by atoms with E-state index >= 15 is 0 Å². The monoisotopic (exact) mass is 301 g/mol. The highest BCUT2D eigenvalue weighted by Gasteiger charge is 2.32. The Labute approximate surface area is 110 Å². The molecule has 0 aromatic heterocycles. The molecule has 0 atom stereocenters. The summed E-state index contributed by atoms with van der Waals surface area (Å²) in [5.41, 5.74) is 0.0757. The van der Waals surface area contributed by atoms with Gasteiger partial charge >= 0.3 is 12.2 Å². The molecule has 0 aliphatic carbocycles. The van der Waals surface area contributed by atoms with Crippen molar-refractivity contribution in [3.8, 4) is 0 Å². The first-order chi connectivity index (χ1) is 8.19. The normalized spacial score (nSPS) is 11.2. The van der Waals surface area contributed by atoms with E-state index < -0.39 is 18.8 Å². The third-order valence-corrected chi connectivity index (χ3v) is 2.35. The Balaban J connectivity index is 2.72. The Morgan fingerprint density at radius 2 is 2.00 bits per heavy atom. The Morgan fingerprint density at radius 1 is 1.39 bits per heavy atom. The summed E-state index contributed by atoms with van der Waals surface area (Å²) in [5, 5.41) is 2.52. The number of alkyl halides is 3. The fourth-order valence-electron chi connectivity index (χ4n) is 1.05. The van der Waals surface area contributed by atoms with Gasteiger partial charge in [0.15, 0.2) is 0 Å². The molecule has 0 unspecified atom stereocenters. The Hall–Kier alpha value is -1.18. The third-order valence-electron chi connectivity index (χ3n) is 1.78. The van der Waals surface area contributed by atoms with E-state index in [0.717, 1.165) is 0 Å². The summed E-state index contributed by atoms with van der Waals surface area (Å²) < 4.78 is 36.0. The number of hydrazine groups is 1. The number of hydrogen-bond donors (Lipinski definition) is 2. The van der Waals surface area contributed by atoms with Crippen molar-refractivity contribution in [3.05, 3.63) is 28.2 Å². The Morgan fingerprint density at radius 3 is 2.56 bits per heavy atom. The van der Waals surface area contributed by atoms with Crippen LogP contribution in [0.1, 0.15) is 0 Å². The van der Waals surface area contributed by atoms with Gasteiger partial charge in [-0.05, 0) is 18.2 Å². The van der Waals surface area contributed by atoms with Crippen molar-refractivity contribution in [3.63, 3.8) is 0 Å². The zero-order chi connectivity index (χ0) is 13.9. The summed E-state index contributed by atoms with van der Waals surface area (Å²) in [6, 6.07) is 3.01. The number of amides is 2. The summed E-state index contributed by atoms with van der Waals surface area (Å²) in [6.07, 6.45) is -4.58. The maximum absolute atomic E-state index is 12.0. The van der Waals surface area contributed by atoms with E-state index in [1.165, 1.54) is 18.2 Å². The minimum absolute atomic E-state index is 0.00274. The summed E-state index contributed by atoms with van der Waals surface area (Å²) in [6.45, 7) is -1.57. The highest BCUT2D eigenvalue weighted by atomic mass is 35.5. The quantitative estimate of drug-likeness (QED) is 0.500. The lowest BCUT2D eigenvalue weighted by atomic mass is 10.3. The predicted octanol–water partition coefficient (Wildman–Crippen LogP) is 3.26. The first-order valence-electron chi connectivity index (χ1n) is 4.54. The smallest absolute Gasteiger partial charge is 0.305 e. The molecule has 18 heavy (non-hydrogen) atoms. The van der Waals surface area contributed by atoms with Crippen LogP contribution in [-0.2, 0) is 0 Å². The number of nitrogens with two attached hydrogens (primary N) is 1. The second kappa shape index (κ2) is 5.64. The standard InChI is InChI=1S/C9H8Cl2F3N3O/c10-5-1-2-6(11)7(3-5)16-8(18)17(15)4-9(12,13)14/h1-3H,4,15H2,(H,16,18). The number of benzene rings is 1. The molecule has 0 aliphatic rings. The van der Waals surface area contributed by atoms with E-state index in [0.29, 0.717) is 0 Å². The summed E-state index contributed by atoms with van der Waals surface area (Å²) >= 11 is 11.4. The van der Waals surface area contributed by atoms with Crippen LogP contribution >= 0.6 is 23.2 Å². The molecule has 0 spiro atoms. The molecule has 1 rings (SSSR count). The molecule has 1 aromatic rings. The molecule has 100 valence electrons. The lowest BCUT2D eigenvalue weighted by Crippen LogP contribution is -2.46. The molecule has 2 amide bonds. The molecule has 0 radical (unpaired) electrons. The lowest BCUT2D eigenvalue weighted by Gasteiger charge is -2.19. The van der Waals surface area contributed by atoms with Crippen molar-refractivity contribution < 1.29 is 18.0 Å². The van der Waals surface area contributed by atoms with E-state index in [9.17, 15) is 18.0 Å². The van der Waals surface area contributed by atoms with Gasteiger partial charge in [-0.15, -0.1) is 0 Å². The van der Waals surface area contributed by atoms with Gasteiger partial charge in [0, 0.05) is 5.02 Å². The first-order valence-corrected chi connectivity index (χ1v) is 5.29. The van der Waals surface area contributed by atoms with Crippen LogP contribution < -0.4 is 11.2 Å². The van der Waals surface area contributed by atoms with Crippen LogP contribution in [0, 0.1) is 0 Å². The van der Waals surface area contributed by atoms with Crippen molar-refractivity contribution in [1.29, 1.82) is 0 Å². The number of halogens is 5. The van der Waals surface area contributed by atoms with Crippen molar-refractivity contribution in [2.24, 2.45) is 5.84 Å². The average molecular weight is 302 g/mol. The zero-order valence-electron chi connectivity index (χ0n) is 8.76. The molecule has 9 heteroatoms. The maximum atomic E-state index is 12.0. The fourth-order valence-corrected chi connectivity index (χ4v) is 1.38. The largest absolute Gasteiger partial charge is 0.407 e. The second-order valence-electron chi connectivity index (χ2n) is 3.30. The number of urea groups is 1. The van der Waals surface area contributed by atoms with Crippen molar-refractivity contribution in [2.45, 2.75) is 6.18 Å². The summed E-state index contributed by atoms with van der Waals surface area (Å²) in [7, 11) is 0. The van der Waals surface area contributed by atoms with Gasteiger partial charge in [-0.2, -0.15) is 13.2 Å². The van der Waals surface area contributed by atoms with E-state index in [2.05, 4.69) is 5.32 Å². The molecule has 0 saturated carbocycles. The fraction of sp³-hybridized carbons (Fsp3) is 0.222. The van der Waals surface area contributed by atoms with Gasteiger partial charge in [0.2, 0.25) is 0 Å². The van der Waals surface area contributed by atoms with Crippen molar-refractivity contribution in [2.75, 3.05) is 11.9 Å². The topological polar surface area (TPSA) is 58.4 Å². The van der Waals surface area contributed by atoms with Crippen LogP contribution in [0.2, 0.25) is 10.0 Å². The molecule has 0 bridgehead atoms. The van der Waals surface area contributed by atoms with E-state index in [-0.39, 0.29) is 20.7 Å². The SMILES string of the molecule is NN(CC(F)(F)F)C(=O)Nc1cc(Cl)ccc1Cl.